The molecule has 4 rings (SSSR count). The van der Waals surface area contributed by atoms with E-state index in [-0.39, 0.29) is 90.3 Å². The summed E-state index contributed by atoms with van der Waals surface area (Å²) in [7, 11) is 1.57. The van der Waals surface area contributed by atoms with Crippen molar-refractivity contribution >= 4 is 92.5 Å². The minimum Gasteiger partial charge on any atom is -0.497 e. The smallest absolute Gasteiger partial charge is 0.335 e. The Morgan fingerprint density at radius 2 is 1.83 bits per heavy atom. The summed E-state index contributed by atoms with van der Waals surface area (Å²) in [5.74, 6) is -0.853. The average molecular weight is 525 g/mol. The van der Waals surface area contributed by atoms with Crippen molar-refractivity contribution in [2.75, 3.05) is 7.11 Å². The molecular formula is C24H21N3Na2O6S. The van der Waals surface area contributed by atoms with E-state index in [9.17, 15) is 14.4 Å². The van der Waals surface area contributed by atoms with Crippen LogP contribution in [-0.2, 0) is 24.5 Å². The maximum Gasteiger partial charge on any atom is 0.335 e. The fourth-order valence-corrected chi connectivity index (χ4v) is 4.22. The largest absolute Gasteiger partial charge is 0.497 e. The molecule has 0 saturated heterocycles. The van der Waals surface area contributed by atoms with Gasteiger partial charge in [0.15, 0.2) is 0 Å². The first-order valence-corrected chi connectivity index (χ1v) is 11.1. The molecule has 0 spiro atoms. The third kappa shape index (κ3) is 7.50. The number of aromatic amines is 1. The molecule has 0 aliphatic carbocycles. The van der Waals surface area contributed by atoms with Crippen LogP contribution < -0.4 is 15.6 Å². The van der Waals surface area contributed by atoms with E-state index in [1.807, 2.05) is 24.3 Å². The van der Waals surface area contributed by atoms with Crippen molar-refractivity contribution in [1.29, 1.82) is 0 Å². The first-order chi connectivity index (χ1) is 16.4. The normalized spacial score (nSPS) is 10.2. The molecule has 2 aromatic heterocycles. The number of rotatable bonds is 9. The number of methoxy groups -OCH3 is 1. The van der Waals surface area contributed by atoms with Crippen LogP contribution in [0.3, 0.4) is 0 Å². The number of amides is 1. The van der Waals surface area contributed by atoms with Gasteiger partial charge in [-0.2, -0.15) is 0 Å². The molecule has 0 aliphatic heterocycles. The van der Waals surface area contributed by atoms with E-state index in [2.05, 4.69) is 15.3 Å². The summed E-state index contributed by atoms with van der Waals surface area (Å²) in [6, 6.07) is 13.7. The predicted molar refractivity (Wildman–Crippen MR) is 138 cm³/mol. The standard InChI is InChI=1S/C24H21N3O6S.2Na/c1-32-18-4-2-3-15(9-18)10-25-22(29)20-26-21(28)19-17(13-34-23(19)27-20)12-33-11-14-5-7-16(8-6-14)24(30)31;;/h2-9,13H,10-12H2,1H3,(H,25,29)(H,30,31)(H,26,27,28);;. The number of hydrogen-bond acceptors (Lipinski definition) is 7. The molecule has 176 valence electrons. The van der Waals surface area contributed by atoms with Gasteiger partial charge in [-0.15, -0.1) is 11.3 Å². The van der Waals surface area contributed by atoms with E-state index in [1.165, 1.54) is 23.5 Å². The van der Waals surface area contributed by atoms with Crippen LogP contribution in [0.15, 0.2) is 58.7 Å². The van der Waals surface area contributed by atoms with Crippen LogP contribution in [0.4, 0.5) is 0 Å². The van der Waals surface area contributed by atoms with Crippen LogP contribution in [-0.4, -0.2) is 93.2 Å². The zero-order chi connectivity index (χ0) is 24.1. The van der Waals surface area contributed by atoms with Gasteiger partial charge in [-0.25, -0.2) is 9.78 Å². The number of thiophene rings is 1. The molecule has 2 heterocycles. The van der Waals surface area contributed by atoms with E-state index in [1.54, 1.807) is 24.6 Å². The third-order valence-corrected chi connectivity index (χ3v) is 5.97. The van der Waals surface area contributed by atoms with Gasteiger partial charge in [0.25, 0.3) is 11.5 Å². The molecule has 4 aromatic rings. The third-order valence-electron chi connectivity index (χ3n) is 5.05. The van der Waals surface area contributed by atoms with Crippen molar-refractivity contribution in [2.24, 2.45) is 0 Å². The summed E-state index contributed by atoms with van der Waals surface area (Å²) in [5.41, 5.74) is 2.12. The van der Waals surface area contributed by atoms with Crippen molar-refractivity contribution < 1.29 is 24.2 Å². The van der Waals surface area contributed by atoms with E-state index in [0.29, 0.717) is 21.5 Å². The molecule has 3 N–H and O–H groups in total. The van der Waals surface area contributed by atoms with E-state index >= 15 is 0 Å². The van der Waals surface area contributed by atoms with Gasteiger partial charge in [-0.3, -0.25) is 9.59 Å². The van der Waals surface area contributed by atoms with Crippen molar-refractivity contribution in [3.8, 4) is 5.75 Å². The molecule has 0 atom stereocenters. The van der Waals surface area contributed by atoms with E-state index < -0.39 is 17.4 Å². The second-order valence-corrected chi connectivity index (χ2v) is 8.24. The van der Waals surface area contributed by atoms with Crippen LogP contribution >= 0.6 is 11.3 Å². The Balaban J connectivity index is 0.00000228. The minimum absolute atomic E-state index is 0. The summed E-state index contributed by atoms with van der Waals surface area (Å²) < 4.78 is 10.9. The van der Waals surface area contributed by atoms with Crippen molar-refractivity contribution in [3.05, 3.63) is 92.3 Å². The number of carbonyl (C=O) groups is 2. The quantitative estimate of drug-likeness (QED) is 0.286. The number of carboxylic acid groups (broad SMARTS) is 1. The van der Waals surface area contributed by atoms with Crippen molar-refractivity contribution in [1.82, 2.24) is 15.3 Å². The molecule has 9 nitrogen and oxygen atoms in total. The number of H-pyrrole nitrogens is 1. The summed E-state index contributed by atoms with van der Waals surface area (Å²) in [6.45, 7) is 0.689. The summed E-state index contributed by atoms with van der Waals surface area (Å²) in [6.07, 6.45) is 0. The van der Waals surface area contributed by atoms with E-state index in [4.69, 9.17) is 14.6 Å². The molecule has 0 saturated carbocycles. The van der Waals surface area contributed by atoms with Crippen LogP contribution in [0.5, 0.6) is 5.75 Å². The molecule has 0 unspecified atom stereocenters. The van der Waals surface area contributed by atoms with Gasteiger partial charge in [0.2, 0.25) is 5.82 Å². The van der Waals surface area contributed by atoms with Gasteiger partial charge in [0.1, 0.15) is 10.6 Å². The van der Waals surface area contributed by atoms with Crippen LogP contribution in [0.2, 0.25) is 0 Å². The second-order valence-electron chi connectivity index (χ2n) is 7.38. The molecule has 2 radical (unpaired) electrons. The fourth-order valence-electron chi connectivity index (χ4n) is 3.29. The zero-order valence-corrected chi connectivity index (χ0v) is 25.0. The molecule has 12 heteroatoms. The number of aromatic carboxylic acids is 1. The number of nitrogens with one attached hydrogen (secondary N) is 2. The number of aromatic nitrogens is 2. The Morgan fingerprint density at radius 1 is 1.08 bits per heavy atom. The SMILES string of the molecule is COc1cccc(CNC(=O)c2nc3scc(COCc4ccc(C(=O)O)cc4)c3c(=O)[nH]2)c1.[Na].[Na]. The van der Waals surface area contributed by atoms with Gasteiger partial charge in [0.05, 0.1) is 31.3 Å². The molecular weight excluding hydrogens is 504 g/mol. The summed E-state index contributed by atoms with van der Waals surface area (Å²) in [4.78, 5) is 43.5. The van der Waals surface area contributed by atoms with Crippen molar-refractivity contribution in [3.63, 3.8) is 0 Å². The monoisotopic (exact) mass is 525 g/mol. The Kier molecular flexibility index (Phi) is 11.8. The van der Waals surface area contributed by atoms with Gasteiger partial charge >= 0.3 is 5.97 Å². The molecule has 0 bridgehead atoms. The Labute approximate surface area is 254 Å². The minimum atomic E-state index is -0.989. The first-order valence-electron chi connectivity index (χ1n) is 10.3. The van der Waals surface area contributed by atoms with Gasteiger partial charge in [0, 0.05) is 71.2 Å². The number of carboxylic acids is 1. The number of fused-ring (bicyclic) bond motifs is 1. The van der Waals surface area contributed by atoms with Crippen LogP contribution in [0.1, 0.15) is 37.7 Å². The molecule has 36 heavy (non-hydrogen) atoms. The van der Waals surface area contributed by atoms with Crippen LogP contribution in [0.25, 0.3) is 10.2 Å². The number of hydrogen-bond donors (Lipinski definition) is 3. The topological polar surface area (TPSA) is 131 Å². The van der Waals surface area contributed by atoms with Gasteiger partial charge in [-0.05, 0) is 40.8 Å². The molecule has 0 aliphatic rings. The van der Waals surface area contributed by atoms with Crippen molar-refractivity contribution in [2.45, 2.75) is 19.8 Å². The number of carbonyl (C=O) groups excluding carboxylic acids is 1. The Morgan fingerprint density at radius 3 is 2.53 bits per heavy atom. The number of benzene rings is 2. The number of ether oxygens (including phenoxy) is 2. The summed E-state index contributed by atoms with van der Waals surface area (Å²) in [5, 5.41) is 13.9. The Hall–Kier alpha value is -2.02. The van der Waals surface area contributed by atoms with Gasteiger partial charge < -0.3 is 24.9 Å². The van der Waals surface area contributed by atoms with Crippen LogP contribution in [0, 0.1) is 0 Å². The van der Waals surface area contributed by atoms with Gasteiger partial charge in [-0.1, -0.05) is 24.3 Å². The Bertz CT molecular complexity index is 1410. The van der Waals surface area contributed by atoms with E-state index in [0.717, 1.165) is 11.1 Å². The average Bonchev–Trinajstić information content (AvgIpc) is 3.26. The fraction of sp³-hybridized carbons (Fsp3) is 0.167. The molecule has 2 aromatic carbocycles. The predicted octanol–water partition coefficient (Wildman–Crippen LogP) is 2.58. The molecule has 1 amide bonds. The first kappa shape index (κ1) is 30.2. The maximum absolute atomic E-state index is 12.7. The zero-order valence-electron chi connectivity index (χ0n) is 20.2. The summed E-state index contributed by atoms with van der Waals surface area (Å²) >= 11 is 1.26. The number of nitrogens with zero attached hydrogens (tertiary/aromatic N) is 1. The molecule has 0 fully saturated rings. The maximum atomic E-state index is 12.7. The second kappa shape index (κ2) is 14.1.